The molecule has 1 saturated heterocycles. The van der Waals surface area contributed by atoms with Crippen LogP contribution in [0.3, 0.4) is 0 Å². The first-order chi connectivity index (χ1) is 12.3. The number of piperazine rings is 1. The van der Waals surface area contributed by atoms with Gasteiger partial charge in [0.2, 0.25) is 0 Å². The van der Waals surface area contributed by atoms with Crippen molar-refractivity contribution in [1.29, 1.82) is 0 Å². The number of carbonyl (C=O) groups is 1. The van der Waals surface area contributed by atoms with Crippen molar-refractivity contribution < 1.29 is 27.6 Å². The van der Waals surface area contributed by atoms with E-state index in [1.807, 2.05) is 0 Å². The van der Waals surface area contributed by atoms with Crippen LogP contribution in [0.4, 0.5) is 18.9 Å². The highest BCUT2D eigenvalue weighted by molar-refractivity contribution is 5.85. The molecule has 12 heteroatoms. The lowest BCUT2D eigenvalue weighted by atomic mass is 10.2. The van der Waals surface area contributed by atoms with Gasteiger partial charge in [-0.15, -0.1) is 12.4 Å². The number of hydrogen-bond acceptors (Lipinski definition) is 6. The Labute approximate surface area is 159 Å². The number of halogens is 4. The van der Waals surface area contributed by atoms with E-state index in [1.165, 1.54) is 29.2 Å². The number of alkyl halides is 3. The van der Waals surface area contributed by atoms with Gasteiger partial charge in [-0.25, -0.2) is 0 Å². The molecule has 1 amide bonds. The van der Waals surface area contributed by atoms with E-state index < -0.39 is 36.2 Å². The van der Waals surface area contributed by atoms with Crippen LogP contribution in [0.1, 0.15) is 0 Å². The maximum atomic E-state index is 13.2. The zero-order valence-corrected chi connectivity index (χ0v) is 15.0. The summed E-state index contributed by atoms with van der Waals surface area (Å²) in [6.07, 6.45) is -4.45. The van der Waals surface area contributed by atoms with Crippen LogP contribution in [0.25, 0.3) is 0 Å². The van der Waals surface area contributed by atoms with Crippen molar-refractivity contribution in [3.8, 4) is 5.75 Å². The number of ether oxygens (including phenoxy) is 1. The second-order valence-electron chi connectivity index (χ2n) is 5.69. The number of rotatable bonds is 7. The average Bonchev–Trinajstić information content (AvgIpc) is 2.60. The van der Waals surface area contributed by atoms with E-state index in [0.29, 0.717) is 13.1 Å². The van der Waals surface area contributed by atoms with Crippen LogP contribution < -0.4 is 15.4 Å². The molecule has 0 radical (unpaired) electrons. The van der Waals surface area contributed by atoms with Gasteiger partial charge in [0.05, 0.1) is 4.92 Å². The quantitative estimate of drug-likeness (QED) is 0.518. The molecule has 0 aliphatic carbocycles. The fourth-order valence-corrected chi connectivity index (χ4v) is 2.52. The zero-order valence-electron chi connectivity index (χ0n) is 14.2. The number of nitro groups is 1. The Morgan fingerprint density at radius 3 is 2.41 bits per heavy atom. The van der Waals surface area contributed by atoms with Crippen molar-refractivity contribution in [2.45, 2.75) is 12.2 Å². The third-order valence-electron chi connectivity index (χ3n) is 3.88. The van der Waals surface area contributed by atoms with E-state index in [1.54, 1.807) is 0 Å². The minimum atomic E-state index is -4.45. The molecule has 8 nitrogen and oxygen atoms in total. The number of carbonyl (C=O) groups excluding carboxylic acids is 1. The monoisotopic (exact) mass is 412 g/mol. The fraction of sp³-hybridized carbons (Fsp3) is 0.533. The molecule has 1 aliphatic rings. The summed E-state index contributed by atoms with van der Waals surface area (Å²) in [6.45, 7) is 0.377. The molecule has 27 heavy (non-hydrogen) atoms. The Bertz CT molecular complexity index is 624. The summed E-state index contributed by atoms with van der Waals surface area (Å²) in [4.78, 5) is 23.0. The Hall–Kier alpha value is -2.11. The van der Waals surface area contributed by atoms with Gasteiger partial charge in [-0.3, -0.25) is 19.8 Å². The van der Waals surface area contributed by atoms with Gasteiger partial charge in [-0.1, -0.05) is 0 Å². The van der Waals surface area contributed by atoms with Gasteiger partial charge in [-0.05, 0) is 12.1 Å². The molecular weight excluding hydrogens is 393 g/mol. The second-order valence-corrected chi connectivity index (χ2v) is 5.69. The number of nitrogens with zero attached hydrogens (tertiary/aromatic N) is 2. The lowest BCUT2D eigenvalue weighted by molar-refractivity contribution is -0.384. The summed E-state index contributed by atoms with van der Waals surface area (Å²) in [5, 5.41) is 15.7. The van der Waals surface area contributed by atoms with E-state index in [4.69, 9.17) is 4.74 Å². The van der Waals surface area contributed by atoms with E-state index in [9.17, 15) is 28.1 Å². The summed E-state index contributed by atoms with van der Waals surface area (Å²) in [5.74, 6) is -0.493. The molecular formula is C15H20ClF3N4O4. The van der Waals surface area contributed by atoms with Crippen LogP contribution in [0, 0.1) is 10.1 Å². The topological polar surface area (TPSA) is 96.7 Å². The first kappa shape index (κ1) is 22.9. The van der Waals surface area contributed by atoms with Gasteiger partial charge in [-0.2, -0.15) is 13.2 Å². The van der Waals surface area contributed by atoms with Crippen molar-refractivity contribution >= 4 is 24.0 Å². The number of amides is 1. The molecule has 1 aliphatic heterocycles. The Kier molecular flexibility index (Phi) is 8.73. The molecule has 0 spiro atoms. The highest BCUT2D eigenvalue weighted by Gasteiger charge is 2.43. The highest BCUT2D eigenvalue weighted by atomic mass is 35.5. The van der Waals surface area contributed by atoms with Crippen LogP contribution in [-0.2, 0) is 4.79 Å². The summed E-state index contributed by atoms with van der Waals surface area (Å²) < 4.78 is 44.8. The van der Waals surface area contributed by atoms with Crippen LogP contribution >= 0.6 is 12.4 Å². The van der Waals surface area contributed by atoms with Crippen molar-refractivity contribution in [2.24, 2.45) is 0 Å². The third-order valence-corrected chi connectivity index (χ3v) is 3.88. The minimum Gasteiger partial charge on any atom is -0.484 e. The maximum absolute atomic E-state index is 13.2. The first-order valence-electron chi connectivity index (χ1n) is 7.93. The Balaban J connectivity index is 0.00000364. The number of nitro benzene ring substituents is 1. The van der Waals surface area contributed by atoms with Crippen molar-refractivity contribution in [1.82, 2.24) is 15.5 Å². The average molecular weight is 413 g/mol. The van der Waals surface area contributed by atoms with E-state index in [0.717, 1.165) is 0 Å². The predicted octanol–water partition coefficient (Wildman–Crippen LogP) is 1.35. The third kappa shape index (κ3) is 7.19. The van der Waals surface area contributed by atoms with E-state index in [2.05, 4.69) is 10.6 Å². The Morgan fingerprint density at radius 1 is 1.30 bits per heavy atom. The Morgan fingerprint density at radius 2 is 1.89 bits per heavy atom. The van der Waals surface area contributed by atoms with Gasteiger partial charge in [0, 0.05) is 44.9 Å². The highest BCUT2D eigenvalue weighted by Crippen LogP contribution is 2.24. The number of non-ortho nitro benzene ring substituents is 1. The summed E-state index contributed by atoms with van der Waals surface area (Å²) in [5.41, 5.74) is -0.133. The molecule has 2 N–H and O–H groups in total. The van der Waals surface area contributed by atoms with Crippen LogP contribution in [-0.4, -0.2) is 67.3 Å². The normalized spacial score (nSPS) is 16.1. The largest absolute Gasteiger partial charge is 0.484 e. The smallest absolute Gasteiger partial charge is 0.405 e. The maximum Gasteiger partial charge on any atom is 0.405 e. The lowest BCUT2D eigenvalue weighted by Crippen LogP contribution is -2.57. The molecule has 1 atom stereocenters. The van der Waals surface area contributed by atoms with Crippen LogP contribution in [0.5, 0.6) is 5.75 Å². The van der Waals surface area contributed by atoms with E-state index in [-0.39, 0.29) is 36.9 Å². The van der Waals surface area contributed by atoms with Gasteiger partial charge >= 0.3 is 6.18 Å². The molecule has 1 aromatic rings. The molecule has 1 fully saturated rings. The van der Waals surface area contributed by atoms with Crippen LogP contribution in [0.2, 0.25) is 0 Å². The predicted molar refractivity (Wildman–Crippen MR) is 93.1 cm³/mol. The van der Waals surface area contributed by atoms with E-state index >= 15 is 0 Å². The molecule has 0 bridgehead atoms. The number of benzene rings is 1. The lowest BCUT2D eigenvalue weighted by Gasteiger charge is -2.35. The minimum absolute atomic E-state index is 0. The molecule has 1 unspecified atom stereocenters. The van der Waals surface area contributed by atoms with Crippen molar-refractivity contribution in [2.75, 3.05) is 39.3 Å². The zero-order chi connectivity index (χ0) is 19.2. The molecule has 1 aromatic carbocycles. The molecule has 1 heterocycles. The fourth-order valence-electron chi connectivity index (χ4n) is 2.52. The van der Waals surface area contributed by atoms with Crippen LogP contribution in [0.15, 0.2) is 24.3 Å². The summed E-state index contributed by atoms with van der Waals surface area (Å²) >= 11 is 0. The SMILES string of the molecule is Cl.O=C(COc1ccc([N+](=O)[O-])cc1)NCC(N1CCNCC1)C(F)(F)F. The van der Waals surface area contributed by atoms with Gasteiger partial charge < -0.3 is 15.4 Å². The second kappa shape index (κ2) is 10.3. The van der Waals surface area contributed by atoms with Crippen molar-refractivity contribution in [3.63, 3.8) is 0 Å². The number of hydrogen-bond donors (Lipinski definition) is 2. The van der Waals surface area contributed by atoms with Gasteiger partial charge in [0.15, 0.2) is 6.61 Å². The standard InChI is InChI=1S/C15H19F3N4O4.ClH/c16-15(17,18)13(21-7-5-19-6-8-21)9-20-14(23)10-26-12-3-1-11(2-4-12)22(24)25;/h1-4,13,19H,5-10H2,(H,20,23);1H. The van der Waals surface area contributed by atoms with Crippen molar-refractivity contribution in [3.05, 3.63) is 34.4 Å². The summed E-state index contributed by atoms with van der Waals surface area (Å²) in [6, 6.07) is 3.28. The molecule has 152 valence electrons. The first-order valence-corrected chi connectivity index (χ1v) is 7.93. The van der Waals surface area contributed by atoms with Gasteiger partial charge in [0.25, 0.3) is 11.6 Å². The summed E-state index contributed by atoms with van der Waals surface area (Å²) in [7, 11) is 0. The molecule has 0 aromatic heterocycles. The molecule has 0 saturated carbocycles. The molecule has 2 rings (SSSR count). The van der Waals surface area contributed by atoms with Gasteiger partial charge in [0.1, 0.15) is 11.8 Å². The number of nitrogens with one attached hydrogen (secondary N) is 2.